The average Bonchev–Trinajstić information content (AvgIpc) is 3.06. The minimum atomic E-state index is -3.74. The van der Waals surface area contributed by atoms with Crippen LogP contribution < -0.4 is 9.46 Å². The van der Waals surface area contributed by atoms with E-state index in [1.54, 1.807) is 7.11 Å². The van der Waals surface area contributed by atoms with Gasteiger partial charge in [-0.1, -0.05) is 13.8 Å². The predicted octanol–water partition coefficient (Wildman–Crippen LogP) is 3.88. The molecule has 0 atom stereocenters. The van der Waals surface area contributed by atoms with Gasteiger partial charge in [0.25, 0.3) is 0 Å². The third-order valence-electron chi connectivity index (χ3n) is 4.76. The van der Waals surface area contributed by atoms with Crippen molar-refractivity contribution < 1.29 is 17.5 Å². The fourth-order valence-electron chi connectivity index (χ4n) is 3.02. The van der Waals surface area contributed by atoms with Crippen molar-refractivity contribution in [2.75, 3.05) is 13.7 Å². The van der Waals surface area contributed by atoms with Gasteiger partial charge in [0.15, 0.2) is 0 Å². The van der Waals surface area contributed by atoms with Gasteiger partial charge in [-0.05, 0) is 54.4 Å². The smallest absolute Gasteiger partial charge is 0.240 e. The van der Waals surface area contributed by atoms with Crippen molar-refractivity contribution in [1.82, 2.24) is 9.71 Å². The largest absolute Gasteiger partial charge is 0.497 e. The molecule has 0 aliphatic carbocycles. The Labute approximate surface area is 158 Å². The Balaban J connectivity index is 1.87. The number of aryl methyl sites for hydroxylation is 1. The molecule has 0 saturated carbocycles. The van der Waals surface area contributed by atoms with Gasteiger partial charge in [0, 0.05) is 29.1 Å². The van der Waals surface area contributed by atoms with Crippen molar-refractivity contribution in [2.24, 2.45) is 0 Å². The van der Waals surface area contributed by atoms with Gasteiger partial charge < -0.3 is 9.72 Å². The molecule has 5 nitrogen and oxygen atoms in total. The van der Waals surface area contributed by atoms with Gasteiger partial charge in [0.1, 0.15) is 11.6 Å². The zero-order valence-electron chi connectivity index (χ0n) is 15.8. The van der Waals surface area contributed by atoms with Crippen LogP contribution in [0.2, 0.25) is 0 Å². The Kier molecular flexibility index (Phi) is 5.01. The first-order valence-electron chi connectivity index (χ1n) is 8.55. The van der Waals surface area contributed by atoms with Crippen LogP contribution in [0.4, 0.5) is 4.39 Å². The van der Waals surface area contributed by atoms with E-state index in [4.69, 9.17) is 4.74 Å². The molecule has 0 bridgehead atoms. The first kappa shape index (κ1) is 19.4. The number of fused-ring (bicyclic) bond motifs is 1. The van der Waals surface area contributed by atoms with E-state index in [0.29, 0.717) is 5.56 Å². The van der Waals surface area contributed by atoms with E-state index >= 15 is 0 Å². The molecule has 2 aromatic carbocycles. The second-order valence-electron chi connectivity index (χ2n) is 7.23. The number of rotatable bonds is 6. The summed E-state index contributed by atoms with van der Waals surface area (Å²) < 4.78 is 46.6. The van der Waals surface area contributed by atoms with Crippen LogP contribution in [-0.2, 0) is 15.4 Å². The van der Waals surface area contributed by atoms with Crippen LogP contribution in [-0.4, -0.2) is 27.1 Å². The highest BCUT2D eigenvalue weighted by Crippen LogP contribution is 2.32. The van der Waals surface area contributed by atoms with Gasteiger partial charge in [-0.25, -0.2) is 17.5 Å². The number of halogens is 1. The summed E-state index contributed by atoms with van der Waals surface area (Å²) in [4.78, 5) is 3.27. The van der Waals surface area contributed by atoms with Crippen LogP contribution in [0.3, 0.4) is 0 Å². The first-order chi connectivity index (χ1) is 12.6. The Bertz CT molecular complexity index is 1090. The second kappa shape index (κ2) is 6.98. The molecule has 3 rings (SSSR count). The van der Waals surface area contributed by atoms with Crippen LogP contribution in [0.1, 0.15) is 25.0 Å². The summed E-state index contributed by atoms with van der Waals surface area (Å²) in [6, 6.07) is 9.51. The van der Waals surface area contributed by atoms with E-state index in [0.717, 1.165) is 22.2 Å². The van der Waals surface area contributed by atoms with Crippen LogP contribution in [0.5, 0.6) is 5.75 Å². The SMILES string of the molecule is COc1ccc2[nH]cc(C(C)(C)CNS(=O)(=O)c3ccc(F)c(C)c3)c2c1. The van der Waals surface area contributed by atoms with Gasteiger partial charge in [-0.15, -0.1) is 0 Å². The summed E-state index contributed by atoms with van der Waals surface area (Å²) in [6.45, 7) is 5.66. The number of H-pyrrole nitrogens is 1. The number of nitrogens with one attached hydrogen (secondary N) is 2. The number of methoxy groups -OCH3 is 1. The molecular weight excluding hydrogens is 367 g/mol. The highest BCUT2D eigenvalue weighted by Gasteiger charge is 2.27. The molecule has 0 amide bonds. The number of sulfonamides is 1. The van der Waals surface area contributed by atoms with Crippen LogP contribution in [0.25, 0.3) is 10.9 Å². The standard InChI is InChI=1S/C20H23FN2O3S/c1-13-9-15(6-7-18(13)21)27(24,25)23-12-20(2,3)17-11-22-19-8-5-14(26-4)10-16(17)19/h5-11,22-23H,12H2,1-4H3. The van der Waals surface area contributed by atoms with Crippen LogP contribution in [0.15, 0.2) is 47.5 Å². The highest BCUT2D eigenvalue weighted by molar-refractivity contribution is 7.89. The van der Waals surface area contributed by atoms with Gasteiger partial charge in [0.2, 0.25) is 10.0 Å². The molecule has 0 saturated heterocycles. The summed E-state index contributed by atoms with van der Waals surface area (Å²) in [6.07, 6.45) is 1.89. The molecular formula is C20H23FN2O3S. The third-order valence-corrected chi connectivity index (χ3v) is 6.16. The molecule has 1 aromatic heterocycles. The maximum Gasteiger partial charge on any atom is 0.240 e. The third kappa shape index (κ3) is 3.84. The molecule has 0 spiro atoms. The molecule has 0 fully saturated rings. The molecule has 0 aliphatic rings. The zero-order valence-corrected chi connectivity index (χ0v) is 16.6. The second-order valence-corrected chi connectivity index (χ2v) is 9.00. The van der Waals surface area contributed by atoms with Gasteiger partial charge in [-0.3, -0.25) is 0 Å². The minimum Gasteiger partial charge on any atom is -0.497 e. The minimum absolute atomic E-state index is 0.0535. The quantitative estimate of drug-likeness (QED) is 0.671. The number of benzene rings is 2. The summed E-state index contributed by atoms with van der Waals surface area (Å²) in [5.41, 5.74) is 1.75. The Morgan fingerprint density at radius 1 is 1.19 bits per heavy atom. The van der Waals surface area contributed by atoms with Gasteiger partial charge in [0.05, 0.1) is 12.0 Å². The van der Waals surface area contributed by atoms with Crippen molar-refractivity contribution >= 4 is 20.9 Å². The monoisotopic (exact) mass is 390 g/mol. The van der Waals surface area contributed by atoms with Crippen LogP contribution in [0, 0.1) is 12.7 Å². The molecule has 1 heterocycles. The van der Waals surface area contributed by atoms with Crippen molar-refractivity contribution in [3.05, 3.63) is 59.5 Å². The number of aromatic nitrogens is 1. The first-order valence-corrected chi connectivity index (χ1v) is 10.0. The van der Waals surface area contributed by atoms with Gasteiger partial charge >= 0.3 is 0 Å². The lowest BCUT2D eigenvalue weighted by atomic mass is 9.84. The maximum absolute atomic E-state index is 13.4. The maximum atomic E-state index is 13.4. The molecule has 0 radical (unpaired) electrons. The predicted molar refractivity (Wildman–Crippen MR) is 104 cm³/mol. The van der Waals surface area contributed by atoms with E-state index in [2.05, 4.69) is 9.71 Å². The Morgan fingerprint density at radius 2 is 1.93 bits per heavy atom. The molecule has 0 unspecified atom stereocenters. The van der Waals surface area contributed by atoms with E-state index in [9.17, 15) is 12.8 Å². The highest BCUT2D eigenvalue weighted by atomic mass is 32.2. The van der Waals surface area contributed by atoms with Crippen molar-refractivity contribution in [3.8, 4) is 5.75 Å². The topological polar surface area (TPSA) is 71.2 Å². The van der Waals surface area contributed by atoms with E-state index in [-0.39, 0.29) is 11.4 Å². The molecule has 7 heteroatoms. The number of aromatic amines is 1. The fraction of sp³-hybridized carbons (Fsp3) is 0.300. The van der Waals surface area contributed by atoms with E-state index in [1.807, 2.05) is 38.2 Å². The van der Waals surface area contributed by atoms with Crippen LogP contribution >= 0.6 is 0 Å². The molecule has 2 N–H and O–H groups in total. The lowest BCUT2D eigenvalue weighted by molar-refractivity contribution is 0.415. The average molecular weight is 390 g/mol. The molecule has 27 heavy (non-hydrogen) atoms. The summed E-state index contributed by atoms with van der Waals surface area (Å²) in [5, 5.41) is 0.983. The van der Waals surface area contributed by atoms with Crippen molar-refractivity contribution in [2.45, 2.75) is 31.1 Å². The number of ether oxygens (including phenoxy) is 1. The fourth-order valence-corrected chi connectivity index (χ4v) is 4.32. The lowest BCUT2D eigenvalue weighted by Crippen LogP contribution is -2.36. The number of hydrogen-bond donors (Lipinski definition) is 2. The Morgan fingerprint density at radius 3 is 2.59 bits per heavy atom. The summed E-state index contributed by atoms with van der Waals surface area (Å²) in [7, 11) is -2.13. The molecule has 0 aliphatic heterocycles. The van der Waals surface area contributed by atoms with Crippen molar-refractivity contribution in [3.63, 3.8) is 0 Å². The normalized spacial score (nSPS) is 12.5. The lowest BCUT2D eigenvalue weighted by Gasteiger charge is -2.25. The number of hydrogen-bond acceptors (Lipinski definition) is 3. The van der Waals surface area contributed by atoms with Crippen molar-refractivity contribution in [1.29, 1.82) is 0 Å². The van der Waals surface area contributed by atoms with E-state index < -0.39 is 21.3 Å². The van der Waals surface area contributed by atoms with Gasteiger partial charge in [-0.2, -0.15) is 0 Å². The molecule has 144 valence electrons. The van der Waals surface area contributed by atoms with E-state index in [1.165, 1.54) is 25.1 Å². The molecule has 3 aromatic rings. The zero-order chi connectivity index (χ0) is 19.8. The summed E-state index contributed by atoms with van der Waals surface area (Å²) >= 11 is 0. The Hall–Kier alpha value is -2.38. The summed E-state index contributed by atoms with van der Waals surface area (Å²) in [5.74, 6) is 0.309.